The third-order valence-corrected chi connectivity index (χ3v) is 4.85. The molecule has 146 valence electrons. The summed E-state index contributed by atoms with van der Waals surface area (Å²) in [5, 5.41) is 3.31. The molecular weight excluding hydrogens is 316 g/mol. The maximum atomic E-state index is 12.3. The summed E-state index contributed by atoms with van der Waals surface area (Å²) in [4.78, 5) is 25.8. The quantitative estimate of drug-likeness (QED) is 0.505. The van der Waals surface area contributed by atoms with E-state index in [-0.39, 0.29) is 5.91 Å². The molecule has 1 aliphatic rings. The second-order valence-corrected chi connectivity index (χ2v) is 6.80. The molecule has 0 aromatic carbocycles. The number of aliphatic imine (C=N–C) groups is 1. The van der Waals surface area contributed by atoms with Gasteiger partial charge in [0, 0.05) is 58.9 Å². The Morgan fingerprint density at radius 3 is 2.28 bits per heavy atom. The van der Waals surface area contributed by atoms with Gasteiger partial charge in [-0.15, -0.1) is 0 Å². The monoisotopic (exact) mass is 354 g/mol. The van der Waals surface area contributed by atoms with Crippen LogP contribution in [0.1, 0.15) is 27.7 Å². The molecule has 25 heavy (non-hydrogen) atoms. The van der Waals surface area contributed by atoms with Crippen molar-refractivity contribution in [3.63, 3.8) is 0 Å². The zero-order valence-corrected chi connectivity index (χ0v) is 17.1. The fraction of sp³-hybridized carbons (Fsp3) is 0.889. The SMILES string of the molecule is CCNC(=NCC(C)N1CCN(C)CC1)N(C)CC(=O)N(CC)CC. The molecule has 1 amide bonds. The molecule has 1 unspecified atom stereocenters. The Morgan fingerprint density at radius 2 is 1.76 bits per heavy atom. The van der Waals surface area contributed by atoms with E-state index in [1.165, 1.54) is 0 Å². The van der Waals surface area contributed by atoms with Gasteiger partial charge in [0.15, 0.2) is 5.96 Å². The first-order valence-electron chi connectivity index (χ1n) is 9.62. The van der Waals surface area contributed by atoms with Gasteiger partial charge in [0.2, 0.25) is 5.91 Å². The van der Waals surface area contributed by atoms with Gasteiger partial charge >= 0.3 is 0 Å². The highest BCUT2D eigenvalue weighted by Crippen LogP contribution is 2.05. The topological polar surface area (TPSA) is 54.4 Å². The number of rotatable bonds is 8. The first kappa shape index (κ1) is 21.7. The number of amides is 1. The van der Waals surface area contributed by atoms with Gasteiger partial charge in [0.05, 0.1) is 13.1 Å². The van der Waals surface area contributed by atoms with Crippen molar-refractivity contribution in [3.8, 4) is 0 Å². The summed E-state index contributed by atoms with van der Waals surface area (Å²) in [6.07, 6.45) is 0. The van der Waals surface area contributed by atoms with E-state index in [0.717, 1.165) is 58.3 Å². The Morgan fingerprint density at radius 1 is 1.16 bits per heavy atom. The summed E-state index contributed by atoms with van der Waals surface area (Å²) < 4.78 is 0. The number of carbonyl (C=O) groups is 1. The summed E-state index contributed by atoms with van der Waals surface area (Å²) in [5.74, 6) is 0.953. The predicted molar refractivity (Wildman–Crippen MR) is 105 cm³/mol. The van der Waals surface area contributed by atoms with E-state index in [0.29, 0.717) is 12.6 Å². The van der Waals surface area contributed by atoms with Crippen LogP contribution in [0.4, 0.5) is 0 Å². The molecule has 1 aliphatic heterocycles. The van der Waals surface area contributed by atoms with Gasteiger partial charge in [-0.2, -0.15) is 0 Å². The normalized spacial score (nSPS) is 18.1. The van der Waals surface area contributed by atoms with E-state index < -0.39 is 0 Å². The van der Waals surface area contributed by atoms with Crippen LogP contribution >= 0.6 is 0 Å². The average molecular weight is 355 g/mol. The smallest absolute Gasteiger partial charge is 0.242 e. The van der Waals surface area contributed by atoms with Crippen molar-refractivity contribution in [2.45, 2.75) is 33.7 Å². The van der Waals surface area contributed by atoms with Gasteiger partial charge in [0.25, 0.3) is 0 Å². The van der Waals surface area contributed by atoms with Gasteiger partial charge in [-0.1, -0.05) is 0 Å². The van der Waals surface area contributed by atoms with Gasteiger partial charge in [-0.05, 0) is 34.7 Å². The van der Waals surface area contributed by atoms with Crippen LogP contribution in [-0.4, -0.2) is 111 Å². The van der Waals surface area contributed by atoms with Crippen LogP contribution in [0.5, 0.6) is 0 Å². The average Bonchev–Trinajstić information content (AvgIpc) is 2.59. The molecule has 0 aliphatic carbocycles. The second-order valence-electron chi connectivity index (χ2n) is 6.80. The Hall–Kier alpha value is -1.34. The number of nitrogens with zero attached hydrogens (tertiary/aromatic N) is 5. The number of hydrogen-bond acceptors (Lipinski definition) is 4. The number of carbonyl (C=O) groups excluding carboxylic acids is 1. The highest BCUT2D eigenvalue weighted by Gasteiger charge is 2.20. The Kier molecular flexibility index (Phi) is 9.82. The van der Waals surface area contributed by atoms with Gasteiger partial charge in [-0.25, -0.2) is 0 Å². The second kappa shape index (κ2) is 11.3. The maximum Gasteiger partial charge on any atom is 0.242 e. The minimum absolute atomic E-state index is 0.144. The summed E-state index contributed by atoms with van der Waals surface area (Å²) in [6.45, 7) is 16.1. The minimum Gasteiger partial charge on any atom is -0.357 e. The molecule has 1 heterocycles. The number of hydrogen-bond donors (Lipinski definition) is 1. The summed E-state index contributed by atoms with van der Waals surface area (Å²) in [5.41, 5.74) is 0. The maximum absolute atomic E-state index is 12.3. The van der Waals surface area contributed by atoms with E-state index in [1.807, 2.05) is 30.7 Å². The molecule has 1 fully saturated rings. The zero-order chi connectivity index (χ0) is 18.8. The van der Waals surface area contributed by atoms with Crippen LogP contribution < -0.4 is 5.32 Å². The lowest BCUT2D eigenvalue weighted by Crippen LogP contribution is -2.49. The number of likely N-dealkylation sites (N-methyl/N-ethyl adjacent to an activating group) is 3. The van der Waals surface area contributed by atoms with E-state index in [9.17, 15) is 4.79 Å². The lowest BCUT2D eigenvalue weighted by molar-refractivity contribution is -0.131. The lowest BCUT2D eigenvalue weighted by atomic mass is 10.2. The van der Waals surface area contributed by atoms with Crippen molar-refractivity contribution >= 4 is 11.9 Å². The third kappa shape index (κ3) is 7.20. The Bertz CT molecular complexity index is 416. The Balaban J connectivity index is 2.61. The molecule has 1 N–H and O–H groups in total. The summed E-state index contributed by atoms with van der Waals surface area (Å²) in [7, 11) is 4.11. The van der Waals surface area contributed by atoms with Crippen molar-refractivity contribution in [2.24, 2.45) is 4.99 Å². The van der Waals surface area contributed by atoms with Crippen LogP contribution in [0.2, 0.25) is 0 Å². The molecule has 0 radical (unpaired) electrons. The van der Waals surface area contributed by atoms with E-state index in [2.05, 4.69) is 36.0 Å². The molecule has 7 heteroatoms. The van der Waals surface area contributed by atoms with Crippen molar-refractivity contribution in [3.05, 3.63) is 0 Å². The highest BCUT2D eigenvalue weighted by atomic mass is 16.2. The van der Waals surface area contributed by atoms with E-state index in [4.69, 9.17) is 4.99 Å². The minimum atomic E-state index is 0.144. The summed E-state index contributed by atoms with van der Waals surface area (Å²) >= 11 is 0. The van der Waals surface area contributed by atoms with E-state index in [1.54, 1.807) is 0 Å². The van der Waals surface area contributed by atoms with Crippen LogP contribution in [0.3, 0.4) is 0 Å². The third-order valence-electron chi connectivity index (χ3n) is 4.85. The van der Waals surface area contributed by atoms with Crippen molar-refractivity contribution in [1.29, 1.82) is 0 Å². The number of guanidine groups is 1. The Labute approximate surface area is 154 Å². The first-order chi connectivity index (χ1) is 11.9. The van der Waals surface area contributed by atoms with Crippen molar-refractivity contribution in [2.75, 3.05) is 73.0 Å². The fourth-order valence-electron chi connectivity index (χ4n) is 3.02. The van der Waals surface area contributed by atoms with Gasteiger partial charge in [-0.3, -0.25) is 14.7 Å². The molecule has 1 rings (SSSR count). The predicted octanol–water partition coefficient (Wildman–Crippen LogP) is 0.388. The molecule has 0 spiro atoms. The van der Waals surface area contributed by atoms with Crippen LogP contribution in [-0.2, 0) is 4.79 Å². The number of nitrogens with one attached hydrogen (secondary N) is 1. The number of piperazine rings is 1. The molecule has 0 saturated carbocycles. The molecule has 0 aromatic rings. The van der Waals surface area contributed by atoms with Crippen molar-refractivity contribution in [1.82, 2.24) is 24.9 Å². The molecule has 1 saturated heterocycles. The summed E-state index contributed by atoms with van der Waals surface area (Å²) in [6, 6.07) is 0.411. The standard InChI is InChI=1S/C18H38N6O/c1-7-19-18(22(6)15-17(25)23(8-2)9-3)20-14-16(4)24-12-10-21(5)11-13-24/h16H,7-15H2,1-6H3,(H,19,20). The van der Waals surface area contributed by atoms with Crippen LogP contribution in [0.15, 0.2) is 4.99 Å². The molecule has 0 aromatic heterocycles. The van der Waals surface area contributed by atoms with E-state index >= 15 is 0 Å². The highest BCUT2D eigenvalue weighted by molar-refractivity contribution is 5.86. The first-order valence-corrected chi connectivity index (χ1v) is 9.62. The fourth-order valence-corrected chi connectivity index (χ4v) is 3.02. The van der Waals surface area contributed by atoms with Crippen LogP contribution in [0.25, 0.3) is 0 Å². The molecule has 1 atom stereocenters. The lowest BCUT2D eigenvalue weighted by Gasteiger charge is -2.36. The van der Waals surface area contributed by atoms with Gasteiger partial charge in [0.1, 0.15) is 0 Å². The zero-order valence-electron chi connectivity index (χ0n) is 17.1. The molecular formula is C18H38N6O. The molecule has 0 bridgehead atoms. The van der Waals surface area contributed by atoms with Gasteiger partial charge < -0.3 is 20.0 Å². The largest absolute Gasteiger partial charge is 0.357 e. The van der Waals surface area contributed by atoms with Crippen LogP contribution in [0, 0.1) is 0 Å². The molecule has 7 nitrogen and oxygen atoms in total. The van der Waals surface area contributed by atoms with Crippen molar-refractivity contribution < 1.29 is 4.79 Å².